The maximum absolute atomic E-state index is 12.3. The number of hydrogen-bond acceptors (Lipinski definition) is 4. The number of benzene rings is 2. The molecule has 1 amide bonds. The number of nitrogens with zero attached hydrogens (tertiary/aromatic N) is 2. The number of aryl methyl sites for hydroxylation is 1. The van der Waals surface area contributed by atoms with E-state index in [0.717, 1.165) is 28.6 Å². The van der Waals surface area contributed by atoms with E-state index in [1.807, 2.05) is 54.6 Å². The third-order valence-corrected chi connectivity index (χ3v) is 4.84. The molecule has 138 valence electrons. The minimum Gasteiger partial charge on any atom is -0.445 e. The zero-order valence-corrected chi connectivity index (χ0v) is 15.1. The van der Waals surface area contributed by atoms with Crippen molar-refractivity contribution in [1.29, 1.82) is 0 Å². The van der Waals surface area contributed by atoms with Gasteiger partial charge in [0.15, 0.2) is 5.58 Å². The average Bonchev–Trinajstić information content (AvgIpc) is 3.00. The lowest BCUT2D eigenvalue weighted by Crippen LogP contribution is -2.35. The lowest BCUT2D eigenvalue weighted by atomic mass is 9.99. The molecule has 0 spiro atoms. The largest absolute Gasteiger partial charge is 0.445 e. The molecule has 2 heterocycles. The number of fused-ring (bicyclic) bond motifs is 1. The van der Waals surface area contributed by atoms with Gasteiger partial charge < -0.3 is 14.1 Å². The number of aromatic nitrogens is 1. The van der Waals surface area contributed by atoms with Crippen LogP contribution in [0.25, 0.3) is 16.7 Å². The molecular formula is C21H20N2O4. The topological polar surface area (TPSA) is 64.7 Å². The van der Waals surface area contributed by atoms with Crippen LogP contribution in [0.1, 0.15) is 17.5 Å². The summed E-state index contributed by atoms with van der Waals surface area (Å²) in [5, 5.41) is 0. The van der Waals surface area contributed by atoms with Crippen molar-refractivity contribution in [3.63, 3.8) is 0 Å². The van der Waals surface area contributed by atoms with Crippen LogP contribution in [0.4, 0.5) is 4.79 Å². The Bertz CT molecular complexity index is 1060. The third kappa shape index (κ3) is 3.51. The zero-order chi connectivity index (χ0) is 18.8. The monoisotopic (exact) mass is 364 g/mol. The molecule has 0 atom stereocenters. The van der Waals surface area contributed by atoms with Crippen LogP contribution in [0, 0.1) is 0 Å². The van der Waals surface area contributed by atoms with Crippen molar-refractivity contribution in [1.82, 2.24) is 9.47 Å². The Morgan fingerprint density at radius 3 is 2.74 bits per heavy atom. The van der Waals surface area contributed by atoms with E-state index >= 15 is 0 Å². The number of carbonyl (C=O) groups excluding carboxylic acids is 1. The smallest absolute Gasteiger partial charge is 0.419 e. The van der Waals surface area contributed by atoms with Gasteiger partial charge in [0, 0.05) is 20.1 Å². The maximum Gasteiger partial charge on any atom is 0.419 e. The SMILES string of the molecule is Cn1c(=O)oc2cc(C3=CCN(C(=O)OCc4ccccc4)CC3)ccc21. The highest BCUT2D eigenvalue weighted by Gasteiger charge is 2.19. The van der Waals surface area contributed by atoms with E-state index in [4.69, 9.17) is 9.15 Å². The molecule has 1 aromatic heterocycles. The second-order valence-electron chi connectivity index (χ2n) is 6.58. The first kappa shape index (κ1) is 17.1. The van der Waals surface area contributed by atoms with Gasteiger partial charge in [0.1, 0.15) is 6.61 Å². The normalized spacial score (nSPS) is 14.3. The standard InChI is InChI=1S/C21H20N2O4/c1-22-18-8-7-17(13-19(18)27-20(22)24)16-9-11-23(12-10-16)21(25)26-14-15-5-3-2-4-6-15/h2-9,13H,10-12,14H2,1H3. The quantitative estimate of drug-likeness (QED) is 0.713. The van der Waals surface area contributed by atoms with Crippen LogP contribution in [0.2, 0.25) is 0 Å². The molecule has 0 saturated carbocycles. The Morgan fingerprint density at radius 1 is 1.19 bits per heavy atom. The van der Waals surface area contributed by atoms with Crippen molar-refractivity contribution in [2.75, 3.05) is 13.1 Å². The Kier molecular flexibility index (Phi) is 4.54. The molecule has 6 nitrogen and oxygen atoms in total. The second-order valence-corrected chi connectivity index (χ2v) is 6.58. The molecule has 1 aliphatic rings. The molecule has 3 aromatic rings. The molecule has 0 N–H and O–H groups in total. The number of rotatable bonds is 3. The summed E-state index contributed by atoms with van der Waals surface area (Å²) in [5.41, 5.74) is 4.46. The molecule has 0 bridgehead atoms. The Hall–Kier alpha value is -3.28. The van der Waals surface area contributed by atoms with E-state index in [1.54, 1.807) is 11.9 Å². The molecule has 0 radical (unpaired) electrons. The van der Waals surface area contributed by atoms with Crippen molar-refractivity contribution in [2.45, 2.75) is 13.0 Å². The Labute approximate surface area is 156 Å². The van der Waals surface area contributed by atoms with Crippen LogP contribution < -0.4 is 5.76 Å². The minimum atomic E-state index is -0.368. The summed E-state index contributed by atoms with van der Waals surface area (Å²) in [6.45, 7) is 1.37. The average molecular weight is 364 g/mol. The first-order valence-electron chi connectivity index (χ1n) is 8.86. The number of ether oxygens (including phenoxy) is 1. The van der Waals surface area contributed by atoms with Crippen LogP contribution in [0.5, 0.6) is 0 Å². The summed E-state index contributed by atoms with van der Waals surface area (Å²) in [6.07, 6.45) is 2.44. The summed E-state index contributed by atoms with van der Waals surface area (Å²) in [4.78, 5) is 25.6. The minimum absolute atomic E-state index is 0.274. The lowest BCUT2D eigenvalue weighted by Gasteiger charge is -2.26. The molecule has 2 aromatic carbocycles. The predicted molar refractivity (Wildman–Crippen MR) is 102 cm³/mol. The van der Waals surface area contributed by atoms with Crippen molar-refractivity contribution in [3.8, 4) is 0 Å². The number of oxazole rings is 1. The number of hydrogen-bond donors (Lipinski definition) is 0. The fourth-order valence-electron chi connectivity index (χ4n) is 3.24. The van der Waals surface area contributed by atoms with Gasteiger partial charge in [-0.05, 0) is 35.3 Å². The fraction of sp³-hybridized carbons (Fsp3) is 0.238. The highest BCUT2D eigenvalue weighted by Crippen LogP contribution is 2.25. The first-order chi connectivity index (χ1) is 13.1. The zero-order valence-electron chi connectivity index (χ0n) is 15.1. The van der Waals surface area contributed by atoms with Gasteiger partial charge in [0.25, 0.3) is 0 Å². The van der Waals surface area contributed by atoms with Crippen LogP contribution in [-0.4, -0.2) is 28.6 Å². The van der Waals surface area contributed by atoms with Gasteiger partial charge in [-0.15, -0.1) is 0 Å². The maximum atomic E-state index is 12.3. The van der Waals surface area contributed by atoms with Crippen molar-refractivity contribution in [3.05, 3.63) is 76.3 Å². The summed E-state index contributed by atoms with van der Waals surface area (Å²) in [6, 6.07) is 15.4. The van der Waals surface area contributed by atoms with Gasteiger partial charge in [0.2, 0.25) is 0 Å². The Balaban J connectivity index is 1.42. The molecule has 6 heteroatoms. The molecule has 0 unspecified atom stereocenters. The molecule has 4 rings (SSSR count). The molecule has 0 fully saturated rings. The van der Waals surface area contributed by atoms with E-state index in [9.17, 15) is 9.59 Å². The van der Waals surface area contributed by atoms with Gasteiger partial charge in [-0.2, -0.15) is 0 Å². The number of amides is 1. The van der Waals surface area contributed by atoms with Crippen molar-refractivity contribution >= 4 is 22.8 Å². The molecular weight excluding hydrogens is 344 g/mol. The van der Waals surface area contributed by atoms with E-state index in [1.165, 1.54) is 4.57 Å². The fourth-order valence-corrected chi connectivity index (χ4v) is 3.24. The lowest BCUT2D eigenvalue weighted by molar-refractivity contribution is 0.0998. The highest BCUT2D eigenvalue weighted by atomic mass is 16.6. The summed E-state index contributed by atoms with van der Waals surface area (Å²) >= 11 is 0. The highest BCUT2D eigenvalue weighted by molar-refractivity contribution is 5.80. The van der Waals surface area contributed by atoms with Gasteiger partial charge in [-0.3, -0.25) is 4.57 Å². The van der Waals surface area contributed by atoms with E-state index < -0.39 is 0 Å². The van der Waals surface area contributed by atoms with E-state index in [-0.39, 0.29) is 18.5 Å². The van der Waals surface area contributed by atoms with Gasteiger partial charge in [0.05, 0.1) is 5.52 Å². The summed E-state index contributed by atoms with van der Waals surface area (Å²) in [5.74, 6) is -0.368. The van der Waals surface area contributed by atoms with Crippen LogP contribution in [0.3, 0.4) is 0 Å². The van der Waals surface area contributed by atoms with Gasteiger partial charge in [-0.25, -0.2) is 9.59 Å². The molecule has 27 heavy (non-hydrogen) atoms. The molecule has 0 aliphatic carbocycles. The van der Waals surface area contributed by atoms with Crippen molar-refractivity contribution < 1.29 is 13.9 Å². The van der Waals surface area contributed by atoms with Gasteiger partial charge >= 0.3 is 11.8 Å². The van der Waals surface area contributed by atoms with Crippen molar-refractivity contribution in [2.24, 2.45) is 7.05 Å². The molecule has 0 saturated heterocycles. The van der Waals surface area contributed by atoms with Crippen LogP contribution in [0.15, 0.2) is 63.8 Å². The Morgan fingerprint density at radius 2 is 2.00 bits per heavy atom. The molecule has 1 aliphatic heterocycles. The summed E-state index contributed by atoms with van der Waals surface area (Å²) < 4.78 is 12.1. The predicted octanol–water partition coefficient (Wildman–Crippen LogP) is 3.56. The third-order valence-electron chi connectivity index (χ3n) is 4.84. The van der Waals surface area contributed by atoms with Crippen LogP contribution in [-0.2, 0) is 18.4 Å². The number of carbonyl (C=O) groups is 1. The van der Waals surface area contributed by atoms with Crippen LogP contribution >= 0.6 is 0 Å². The van der Waals surface area contributed by atoms with E-state index in [2.05, 4.69) is 0 Å². The van der Waals surface area contributed by atoms with E-state index in [0.29, 0.717) is 18.7 Å². The second kappa shape index (κ2) is 7.15. The summed E-state index contributed by atoms with van der Waals surface area (Å²) in [7, 11) is 1.69. The van der Waals surface area contributed by atoms with Gasteiger partial charge in [-0.1, -0.05) is 42.5 Å². The first-order valence-corrected chi connectivity index (χ1v) is 8.86.